The Hall–Kier alpha value is -4.27. The number of carboxylic acids is 1. The number of benzene rings is 2. The molecule has 3 aromatic rings. The number of halogens is 4. The predicted octanol–water partition coefficient (Wildman–Crippen LogP) is 3.68. The molecule has 5 rings (SSSR count). The van der Waals surface area contributed by atoms with Crippen LogP contribution in [-0.4, -0.2) is 88.3 Å². The number of carbonyl (C=O) groups excluding carboxylic acids is 1. The zero-order chi connectivity index (χ0) is 30.6. The largest absolute Gasteiger partial charge is 0.490 e. The molecule has 2 N–H and O–H groups in total. The molecular formula is C27H28F4N6O4S. The van der Waals surface area contributed by atoms with Gasteiger partial charge in [-0.05, 0) is 42.5 Å². The molecule has 224 valence electrons. The molecule has 2 aliphatic rings. The molecular weight excluding hydrogens is 580 g/mol. The number of amides is 1. The Bertz CT molecular complexity index is 1480. The number of hydrogen-bond acceptors (Lipinski definition) is 8. The summed E-state index contributed by atoms with van der Waals surface area (Å²) in [6.07, 6.45) is -4.45. The number of aromatic nitrogens is 2. The highest BCUT2D eigenvalue weighted by atomic mass is 32.2. The van der Waals surface area contributed by atoms with Crippen LogP contribution >= 0.6 is 0 Å². The smallest absolute Gasteiger partial charge is 0.475 e. The third-order valence-electron chi connectivity index (χ3n) is 6.45. The second-order valence-corrected chi connectivity index (χ2v) is 11.1. The summed E-state index contributed by atoms with van der Waals surface area (Å²) in [4.78, 5) is 37.1. The number of nitrogens with zero attached hydrogens (tertiary/aromatic N) is 5. The van der Waals surface area contributed by atoms with Gasteiger partial charge in [-0.25, -0.2) is 14.2 Å². The molecule has 3 heterocycles. The van der Waals surface area contributed by atoms with E-state index in [-0.39, 0.29) is 11.7 Å². The Balaban J connectivity index is 0.000000517. The van der Waals surface area contributed by atoms with Crippen molar-refractivity contribution in [1.82, 2.24) is 14.9 Å². The van der Waals surface area contributed by atoms with Crippen molar-refractivity contribution in [3.05, 3.63) is 65.6 Å². The van der Waals surface area contributed by atoms with Crippen LogP contribution in [0.15, 0.2) is 53.4 Å². The first-order valence-corrected chi connectivity index (χ1v) is 14.1. The minimum atomic E-state index is -5.08. The van der Waals surface area contributed by atoms with E-state index >= 15 is 0 Å². The molecule has 1 amide bonds. The van der Waals surface area contributed by atoms with Crippen molar-refractivity contribution >= 4 is 45.8 Å². The van der Waals surface area contributed by atoms with Crippen LogP contribution in [0.2, 0.25) is 0 Å². The van der Waals surface area contributed by atoms with Gasteiger partial charge in [-0.1, -0.05) is 6.07 Å². The van der Waals surface area contributed by atoms with Crippen molar-refractivity contribution in [2.45, 2.75) is 17.5 Å². The molecule has 1 saturated heterocycles. The summed E-state index contributed by atoms with van der Waals surface area (Å²) in [6, 6.07) is 13.8. The number of aliphatic carboxylic acids is 1. The van der Waals surface area contributed by atoms with E-state index in [0.29, 0.717) is 40.1 Å². The van der Waals surface area contributed by atoms with E-state index < -0.39 is 22.9 Å². The van der Waals surface area contributed by atoms with Crippen LogP contribution in [0.3, 0.4) is 0 Å². The number of carboxylic acid groups (broad SMARTS) is 1. The van der Waals surface area contributed by atoms with Crippen LogP contribution in [0.25, 0.3) is 0 Å². The SMILES string of the molecule is CN(C)C(=O)c1ccc(N2CCN(c3nc4c(c(Nc5cccc(F)c5)n3)S(=O)CC4)CC2)cc1.O=C(O)C(F)(F)F. The van der Waals surface area contributed by atoms with Gasteiger partial charge in [-0.15, -0.1) is 0 Å². The zero-order valence-corrected chi connectivity index (χ0v) is 23.5. The van der Waals surface area contributed by atoms with Crippen molar-refractivity contribution < 1.29 is 36.5 Å². The number of anilines is 4. The summed E-state index contributed by atoms with van der Waals surface area (Å²) in [5.41, 5.74) is 3.08. The minimum absolute atomic E-state index is 0.0151. The van der Waals surface area contributed by atoms with Gasteiger partial charge in [0.25, 0.3) is 5.91 Å². The lowest BCUT2D eigenvalue weighted by molar-refractivity contribution is -0.192. The molecule has 0 aliphatic carbocycles. The van der Waals surface area contributed by atoms with Crippen LogP contribution in [0.4, 0.5) is 40.7 Å². The van der Waals surface area contributed by atoms with Gasteiger partial charge in [0.05, 0.1) is 16.5 Å². The normalized spacial score (nSPS) is 16.3. The molecule has 2 aromatic carbocycles. The Labute approximate surface area is 241 Å². The van der Waals surface area contributed by atoms with Gasteiger partial charge in [0, 0.05) is 69.4 Å². The fourth-order valence-electron chi connectivity index (χ4n) is 4.35. The van der Waals surface area contributed by atoms with Gasteiger partial charge in [0.2, 0.25) is 5.95 Å². The standard InChI is InChI=1S/C25H27FN6O2S.C2HF3O2/c1-30(2)24(33)17-6-8-20(9-7-17)31-11-13-32(14-12-31)25-28-21-10-15-35(34)22(21)23(29-25)27-19-5-3-4-18(26)16-19;3-2(4,5)1(6)7/h3-9,16H,10-15H2,1-2H3,(H,27,28,29);(H,6,7). The Morgan fingerprint density at radius 3 is 2.19 bits per heavy atom. The summed E-state index contributed by atoms with van der Waals surface area (Å²) in [6.45, 7) is 3.00. The molecule has 15 heteroatoms. The maximum absolute atomic E-state index is 13.7. The van der Waals surface area contributed by atoms with Gasteiger partial charge < -0.3 is 25.1 Å². The van der Waals surface area contributed by atoms with Gasteiger partial charge in [0.1, 0.15) is 10.7 Å². The number of rotatable bonds is 5. The van der Waals surface area contributed by atoms with Crippen molar-refractivity contribution in [3.8, 4) is 0 Å². The van der Waals surface area contributed by atoms with E-state index in [9.17, 15) is 26.6 Å². The lowest BCUT2D eigenvalue weighted by Gasteiger charge is -2.36. The van der Waals surface area contributed by atoms with Crippen LogP contribution in [-0.2, 0) is 22.0 Å². The van der Waals surface area contributed by atoms with E-state index in [1.165, 1.54) is 12.1 Å². The minimum Gasteiger partial charge on any atom is -0.475 e. The summed E-state index contributed by atoms with van der Waals surface area (Å²) >= 11 is 0. The van der Waals surface area contributed by atoms with Gasteiger partial charge in [0.15, 0.2) is 5.82 Å². The van der Waals surface area contributed by atoms with E-state index in [2.05, 4.69) is 15.1 Å². The van der Waals surface area contributed by atoms with E-state index in [0.717, 1.165) is 37.6 Å². The maximum Gasteiger partial charge on any atom is 0.490 e. The fourth-order valence-corrected chi connectivity index (χ4v) is 5.66. The molecule has 2 aliphatic heterocycles. The Morgan fingerprint density at radius 2 is 1.62 bits per heavy atom. The lowest BCUT2D eigenvalue weighted by Crippen LogP contribution is -2.47. The Kier molecular flexibility index (Phi) is 9.29. The Morgan fingerprint density at radius 1 is 1.00 bits per heavy atom. The number of fused-ring (bicyclic) bond motifs is 1. The second-order valence-electron chi connectivity index (χ2n) is 9.61. The molecule has 1 unspecified atom stereocenters. The summed E-state index contributed by atoms with van der Waals surface area (Å²) in [5.74, 6) is -1.53. The van der Waals surface area contributed by atoms with Crippen LogP contribution < -0.4 is 15.1 Å². The van der Waals surface area contributed by atoms with Crippen LogP contribution in [0.5, 0.6) is 0 Å². The number of hydrogen-bond donors (Lipinski definition) is 2. The summed E-state index contributed by atoms with van der Waals surface area (Å²) in [7, 11) is 2.31. The van der Waals surface area contributed by atoms with Crippen molar-refractivity contribution in [2.75, 3.05) is 61.1 Å². The predicted molar refractivity (Wildman–Crippen MR) is 149 cm³/mol. The number of piperazine rings is 1. The third kappa shape index (κ3) is 7.32. The molecule has 0 bridgehead atoms. The molecule has 0 spiro atoms. The molecule has 42 heavy (non-hydrogen) atoms. The average Bonchev–Trinajstić information content (AvgIpc) is 3.33. The van der Waals surface area contributed by atoms with E-state index in [4.69, 9.17) is 19.9 Å². The van der Waals surface area contributed by atoms with Gasteiger partial charge in [-0.3, -0.25) is 9.00 Å². The highest BCUT2D eigenvalue weighted by Gasteiger charge is 2.38. The first kappa shape index (κ1) is 30.7. The molecule has 0 saturated carbocycles. The van der Waals surface area contributed by atoms with Gasteiger partial charge >= 0.3 is 12.1 Å². The van der Waals surface area contributed by atoms with Crippen LogP contribution in [0, 0.1) is 5.82 Å². The number of alkyl halides is 3. The third-order valence-corrected chi connectivity index (χ3v) is 7.91. The fraction of sp³-hybridized carbons (Fsp3) is 0.333. The first-order chi connectivity index (χ1) is 19.8. The maximum atomic E-state index is 13.7. The number of aryl methyl sites for hydroxylation is 1. The number of carbonyl (C=O) groups is 2. The van der Waals surface area contributed by atoms with Crippen molar-refractivity contribution in [2.24, 2.45) is 0 Å². The van der Waals surface area contributed by atoms with Crippen LogP contribution in [0.1, 0.15) is 16.1 Å². The van der Waals surface area contributed by atoms with Crippen molar-refractivity contribution in [3.63, 3.8) is 0 Å². The number of nitrogens with one attached hydrogen (secondary N) is 1. The highest BCUT2D eigenvalue weighted by molar-refractivity contribution is 7.85. The summed E-state index contributed by atoms with van der Waals surface area (Å²) in [5, 5.41) is 10.3. The van der Waals surface area contributed by atoms with E-state index in [1.807, 2.05) is 24.3 Å². The molecule has 1 atom stereocenters. The van der Waals surface area contributed by atoms with Gasteiger partial charge in [-0.2, -0.15) is 18.2 Å². The topological polar surface area (TPSA) is 119 Å². The van der Waals surface area contributed by atoms with Crippen molar-refractivity contribution in [1.29, 1.82) is 0 Å². The lowest BCUT2D eigenvalue weighted by atomic mass is 10.1. The molecule has 10 nitrogen and oxygen atoms in total. The second kappa shape index (κ2) is 12.7. The monoisotopic (exact) mass is 608 g/mol. The first-order valence-electron chi connectivity index (χ1n) is 12.8. The average molecular weight is 609 g/mol. The van der Waals surface area contributed by atoms with E-state index in [1.54, 1.807) is 31.1 Å². The quantitative estimate of drug-likeness (QED) is 0.418. The highest BCUT2D eigenvalue weighted by Crippen LogP contribution is 2.32. The molecule has 0 radical (unpaired) electrons. The molecule has 1 aromatic heterocycles. The molecule has 1 fully saturated rings. The zero-order valence-electron chi connectivity index (χ0n) is 22.7. The summed E-state index contributed by atoms with van der Waals surface area (Å²) < 4.78 is 58.0.